The van der Waals surface area contributed by atoms with Crippen LogP contribution in [0.15, 0.2) is 18.0 Å². The van der Waals surface area contributed by atoms with Crippen LogP contribution in [0.4, 0.5) is 5.82 Å². The molecule has 2 aromatic heterocycles. The van der Waals surface area contributed by atoms with Gasteiger partial charge < -0.3 is 11.6 Å². The minimum atomic E-state index is -0.130. The first kappa shape index (κ1) is 28.5. The number of nitrogens with zero attached hydrogens (tertiary/aromatic N) is 4. The number of nitrogen functional groups attached to an aromatic ring is 2. The molecule has 9 atom stereocenters. The van der Waals surface area contributed by atoms with Crippen LogP contribution in [-0.2, 0) is 16.6 Å². The molecule has 0 amide bonds. The van der Waals surface area contributed by atoms with E-state index in [9.17, 15) is 4.79 Å². The molecule has 9 heteroatoms. The Kier molecular flexibility index (Phi) is 5.87. The summed E-state index contributed by atoms with van der Waals surface area (Å²) >= 11 is 4.48. The number of rotatable bonds is 2. The van der Waals surface area contributed by atoms with Gasteiger partial charge in [0.05, 0.1) is 0 Å². The SMILES string of the molecule is CC1(C)CC2C3=CCC4[C@@]5(C)Cc6c(N)n[nH]c6C(C)(C)C5CC[C@@]4(C)[C@]3(C)CC(c3nncn3N)[C@H]2[C@H](C(=O)S)C1. The Bertz CT molecular complexity index is 1490. The summed E-state index contributed by atoms with van der Waals surface area (Å²) < 4.78 is 1.60. The largest absolute Gasteiger partial charge is 0.382 e. The molecule has 0 radical (unpaired) electrons. The number of anilines is 1. The topological polar surface area (TPSA) is 128 Å². The number of thiol groups is 1. The van der Waals surface area contributed by atoms with Gasteiger partial charge in [0.25, 0.3) is 0 Å². The van der Waals surface area contributed by atoms with E-state index in [1.54, 1.807) is 16.6 Å². The summed E-state index contributed by atoms with van der Waals surface area (Å²) in [6.45, 7) is 17.1. The number of carbonyl (C=O) groups is 1. The van der Waals surface area contributed by atoms with Crippen LogP contribution in [0, 0.1) is 51.2 Å². The van der Waals surface area contributed by atoms with Crippen molar-refractivity contribution in [2.24, 2.45) is 51.2 Å². The Morgan fingerprint density at radius 1 is 1.07 bits per heavy atom. The maximum Gasteiger partial charge on any atom is 0.189 e. The van der Waals surface area contributed by atoms with E-state index < -0.39 is 0 Å². The normalized spacial score (nSPS) is 43.2. The third-order valence-electron chi connectivity index (χ3n) is 14.0. The quantitative estimate of drug-likeness (QED) is 0.198. The average Bonchev–Trinajstić information content (AvgIpc) is 3.48. The number of aromatic nitrogens is 5. The number of H-pyrrole nitrogens is 1. The lowest BCUT2D eigenvalue weighted by atomic mass is 9.33. The maximum atomic E-state index is 13.2. The fourth-order valence-electron chi connectivity index (χ4n) is 12.2. The molecule has 0 bridgehead atoms. The molecule has 5 N–H and O–H groups in total. The lowest BCUT2D eigenvalue weighted by Gasteiger charge is -2.70. The lowest BCUT2D eigenvalue weighted by molar-refractivity contribution is -0.159. The molecule has 42 heavy (non-hydrogen) atoms. The highest BCUT2D eigenvalue weighted by Gasteiger charge is 2.69. The third kappa shape index (κ3) is 3.49. The van der Waals surface area contributed by atoms with Gasteiger partial charge >= 0.3 is 0 Å². The van der Waals surface area contributed by atoms with Crippen molar-refractivity contribution >= 4 is 23.6 Å². The van der Waals surface area contributed by atoms with Crippen LogP contribution in [-0.4, -0.2) is 30.2 Å². The predicted molar refractivity (Wildman–Crippen MR) is 168 cm³/mol. The van der Waals surface area contributed by atoms with E-state index in [2.05, 4.69) is 87.6 Å². The molecule has 4 unspecified atom stereocenters. The smallest absolute Gasteiger partial charge is 0.189 e. The summed E-state index contributed by atoms with van der Waals surface area (Å²) in [4.78, 5) is 13.2. The Morgan fingerprint density at radius 3 is 2.48 bits per heavy atom. The number of carbonyl (C=O) groups excluding carboxylic acids is 1. The molecule has 3 fully saturated rings. The number of hydrogen-bond acceptors (Lipinski definition) is 6. The summed E-state index contributed by atoms with van der Waals surface area (Å²) in [7, 11) is 0. The second kappa shape index (κ2) is 8.66. The molecule has 2 aromatic rings. The zero-order valence-corrected chi connectivity index (χ0v) is 27.3. The number of aromatic amines is 1. The second-order valence-corrected chi connectivity index (χ2v) is 17.2. The molecular weight excluding hydrogens is 542 g/mol. The van der Waals surface area contributed by atoms with Gasteiger partial charge in [-0.05, 0) is 90.3 Å². The Hall–Kier alpha value is -2.29. The fourth-order valence-corrected chi connectivity index (χ4v) is 12.5. The standard InChI is InChI=1S/C33H49N7OS/c1-29(2)12-17-21-8-9-23-31(5)14-20-25(37-38-26(20)34)30(3,4)22(31)10-11-32(23,6)33(21,7)15-18(27-39-36-16-40(27)35)24(17)19(13-29)28(41)42/h8,16-19,22-24H,9-15,35H2,1-7H3,(H,41,42)(H3,34,37,38)/t17?,18?,19-,22?,23?,24+,31+,32-,33-/m1/s1. The van der Waals surface area contributed by atoms with Crippen LogP contribution >= 0.6 is 12.6 Å². The first-order valence-electron chi connectivity index (χ1n) is 16.0. The zero-order valence-electron chi connectivity index (χ0n) is 26.4. The highest BCUT2D eigenvalue weighted by atomic mass is 32.1. The summed E-state index contributed by atoms with van der Waals surface area (Å²) in [5.74, 6) is 9.32. The summed E-state index contributed by atoms with van der Waals surface area (Å²) in [6.07, 6.45) is 11.4. The molecule has 228 valence electrons. The van der Waals surface area contributed by atoms with Crippen molar-refractivity contribution in [3.05, 3.63) is 35.1 Å². The zero-order chi connectivity index (χ0) is 30.2. The van der Waals surface area contributed by atoms with Crippen LogP contribution < -0.4 is 11.6 Å². The van der Waals surface area contributed by atoms with Crippen molar-refractivity contribution in [3.8, 4) is 0 Å². The summed E-state index contributed by atoms with van der Waals surface area (Å²) in [5, 5.41) is 16.6. The van der Waals surface area contributed by atoms with E-state index in [0.717, 1.165) is 37.9 Å². The molecule has 0 aromatic carbocycles. The number of hydrogen-bond donors (Lipinski definition) is 4. The van der Waals surface area contributed by atoms with Gasteiger partial charge in [0.2, 0.25) is 0 Å². The lowest BCUT2D eigenvalue weighted by Crippen LogP contribution is -2.64. The van der Waals surface area contributed by atoms with Crippen LogP contribution in [0.1, 0.15) is 110 Å². The number of allylic oxidation sites excluding steroid dienone is 2. The van der Waals surface area contributed by atoms with E-state index in [1.807, 2.05) is 0 Å². The van der Waals surface area contributed by atoms with Gasteiger partial charge in [-0.15, -0.1) is 22.8 Å². The maximum absolute atomic E-state index is 13.2. The van der Waals surface area contributed by atoms with E-state index in [0.29, 0.717) is 17.7 Å². The minimum absolute atomic E-state index is 0.000855. The summed E-state index contributed by atoms with van der Waals surface area (Å²) in [5.41, 5.74) is 10.7. The van der Waals surface area contributed by atoms with Crippen LogP contribution in [0.2, 0.25) is 0 Å². The highest BCUT2D eigenvalue weighted by molar-refractivity contribution is 7.96. The Labute approximate surface area is 255 Å². The van der Waals surface area contributed by atoms with E-state index in [1.165, 1.54) is 24.1 Å². The molecular formula is C33H49N7OS. The van der Waals surface area contributed by atoms with Crippen molar-refractivity contribution in [2.75, 3.05) is 11.6 Å². The van der Waals surface area contributed by atoms with Gasteiger partial charge in [-0.3, -0.25) is 9.89 Å². The first-order valence-corrected chi connectivity index (χ1v) is 16.4. The van der Waals surface area contributed by atoms with Crippen molar-refractivity contribution < 1.29 is 4.79 Å². The monoisotopic (exact) mass is 591 g/mol. The molecule has 7 rings (SSSR count). The third-order valence-corrected chi connectivity index (χ3v) is 14.3. The van der Waals surface area contributed by atoms with Gasteiger partial charge in [-0.1, -0.05) is 60.1 Å². The number of nitrogens with one attached hydrogen (secondary N) is 1. The molecule has 3 saturated carbocycles. The van der Waals surface area contributed by atoms with Crippen molar-refractivity contribution in [1.29, 1.82) is 0 Å². The number of nitrogens with two attached hydrogens (primary N) is 2. The fraction of sp³-hybridized carbons (Fsp3) is 0.758. The second-order valence-electron chi connectivity index (χ2n) is 16.8. The molecule has 0 aliphatic heterocycles. The van der Waals surface area contributed by atoms with Crippen LogP contribution in [0.25, 0.3) is 0 Å². The van der Waals surface area contributed by atoms with Gasteiger partial charge in [0.15, 0.2) is 10.9 Å². The summed E-state index contributed by atoms with van der Waals surface area (Å²) in [6, 6.07) is 0. The molecule has 0 saturated heterocycles. The van der Waals surface area contributed by atoms with E-state index >= 15 is 0 Å². The van der Waals surface area contributed by atoms with Gasteiger partial charge in [-0.25, -0.2) is 4.68 Å². The van der Waals surface area contributed by atoms with Gasteiger partial charge in [-0.2, -0.15) is 5.10 Å². The van der Waals surface area contributed by atoms with E-state index in [4.69, 9.17) is 11.6 Å². The molecule has 8 nitrogen and oxygen atoms in total. The predicted octanol–water partition coefficient (Wildman–Crippen LogP) is 5.82. The Morgan fingerprint density at radius 2 is 1.81 bits per heavy atom. The Balaban J connectivity index is 1.39. The highest BCUT2D eigenvalue weighted by Crippen LogP contribution is 2.75. The van der Waals surface area contributed by atoms with Crippen LogP contribution in [0.3, 0.4) is 0 Å². The first-order chi connectivity index (χ1) is 19.5. The van der Waals surface area contributed by atoms with Crippen molar-refractivity contribution in [3.63, 3.8) is 0 Å². The molecule has 2 heterocycles. The number of fused-ring (bicyclic) bond motifs is 8. The average molecular weight is 592 g/mol. The van der Waals surface area contributed by atoms with Gasteiger partial charge in [0.1, 0.15) is 12.1 Å². The molecule has 5 aliphatic rings. The molecule has 5 aliphatic carbocycles. The molecule has 0 spiro atoms. The minimum Gasteiger partial charge on any atom is -0.382 e. The van der Waals surface area contributed by atoms with E-state index in [-0.39, 0.29) is 55.9 Å². The van der Waals surface area contributed by atoms with Crippen LogP contribution in [0.5, 0.6) is 0 Å². The van der Waals surface area contributed by atoms with Gasteiger partial charge in [0, 0.05) is 28.5 Å². The van der Waals surface area contributed by atoms with Crippen molar-refractivity contribution in [1.82, 2.24) is 25.1 Å². The van der Waals surface area contributed by atoms with Crippen molar-refractivity contribution in [2.45, 2.75) is 105 Å².